The monoisotopic (exact) mass is 338 g/mol. The molecule has 2 fully saturated rings. The smallest absolute Gasteiger partial charge is 0.273 e. The molecule has 4 rings (SSSR count). The minimum atomic E-state index is 0.0242. The topological polar surface area (TPSA) is 51.7 Å². The van der Waals surface area contributed by atoms with Gasteiger partial charge in [0.15, 0.2) is 0 Å². The summed E-state index contributed by atoms with van der Waals surface area (Å²) >= 11 is 0. The van der Waals surface area contributed by atoms with Crippen molar-refractivity contribution in [2.75, 3.05) is 13.7 Å². The number of rotatable bonds is 5. The molecule has 1 amide bonds. The summed E-state index contributed by atoms with van der Waals surface area (Å²) in [4.78, 5) is 19.2. The second kappa shape index (κ2) is 6.75. The zero-order chi connectivity index (χ0) is 17.2. The highest BCUT2D eigenvalue weighted by atomic mass is 16.5. The predicted molar refractivity (Wildman–Crippen MR) is 93.8 cm³/mol. The number of ether oxygens (including phenoxy) is 2. The molecule has 5 nitrogen and oxygen atoms in total. The lowest BCUT2D eigenvalue weighted by Gasteiger charge is -2.35. The Balaban J connectivity index is 1.48. The first-order valence-corrected chi connectivity index (χ1v) is 8.77. The lowest BCUT2D eigenvalue weighted by Crippen LogP contribution is -2.48. The largest absolute Gasteiger partial charge is 0.497 e. The normalized spacial score (nSPS) is 24.4. The Bertz CT molecular complexity index is 732. The van der Waals surface area contributed by atoms with E-state index in [1.54, 1.807) is 19.4 Å². The number of nitrogens with zero attached hydrogens (tertiary/aromatic N) is 2. The van der Waals surface area contributed by atoms with Crippen LogP contribution in [0, 0.1) is 5.92 Å². The zero-order valence-electron chi connectivity index (χ0n) is 14.3. The van der Waals surface area contributed by atoms with Crippen LogP contribution >= 0.6 is 0 Å². The Morgan fingerprint density at radius 3 is 2.68 bits per heavy atom. The van der Waals surface area contributed by atoms with Gasteiger partial charge in [0.05, 0.1) is 13.2 Å². The average Bonchev–Trinajstić information content (AvgIpc) is 3.28. The Kier molecular flexibility index (Phi) is 4.30. The first-order chi connectivity index (χ1) is 12.3. The highest BCUT2D eigenvalue weighted by Crippen LogP contribution is 2.43. The fourth-order valence-electron chi connectivity index (χ4n) is 4.10. The Morgan fingerprint density at radius 1 is 1.16 bits per heavy atom. The number of hydrogen-bond donors (Lipinski definition) is 0. The molecule has 130 valence electrons. The molecule has 5 heteroatoms. The van der Waals surface area contributed by atoms with Crippen LogP contribution in [0.4, 0.5) is 0 Å². The summed E-state index contributed by atoms with van der Waals surface area (Å²) in [6.07, 6.45) is 5.01. The van der Waals surface area contributed by atoms with Crippen LogP contribution in [0.5, 0.6) is 11.5 Å². The van der Waals surface area contributed by atoms with E-state index in [1.807, 2.05) is 41.3 Å². The summed E-state index contributed by atoms with van der Waals surface area (Å²) in [5.74, 6) is 2.15. The lowest BCUT2D eigenvalue weighted by atomic mass is 9.99. The van der Waals surface area contributed by atoms with Crippen molar-refractivity contribution in [1.82, 2.24) is 9.88 Å². The molecule has 1 aliphatic carbocycles. The van der Waals surface area contributed by atoms with E-state index in [-0.39, 0.29) is 11.9 Å². The number of likely N-dealkylation sites (tertiary alicyclic amines) is 1. The van der Waals surface area contributed by atoms with Gasteiger partial charge in [-0.15, -0.1) is 0 Å². The highest BCUT2D eigenvalue weighted by molar-refractivity contribution is 5.93. The first kappa shape index (κ1) is 15.9. The number of amides is 1. The van der Waals surface area contributed by atoms with Crippen molar-refractivity contribution in [2.45, 2.75) is 31.3 Å². The van der Waals surface area contributed by atoms with Crippen LogP contribution < -0.4 is 9.47 Å². The molecular formula is C20H22N2O3. The van der Waals surface area contributed by atoms with E-state index < -0.39 is 0 Å². The molecule has 3 atom stereocenters. The molecule has 2 unspecified atom stereocenters. The minimum absolute atomic E-state index is 0.0242. The molecule has 2 aliphatic rings. The van der Waals surface area contributed by atoms with Crippen LogP contribution in [0.25, 0.3) is 0 Å². The van der Waals surface area contributed by atoms with Gasteiger partial charge in [0.25, 0.3) is 5.91 Å². The maximum atomic E-state index is 12.9. The van der Waals surface area contributed by atoms with Gasteiger partial charge in [-0.05, 0) is 61.6 Å². The zero-order valence-corrected chi connectivity index (χ0v) is 14.3. The minimum Gasteiger partial charge on any atom is -0.497 e. The van der Waals surface area contributed by atoms with E-state index in [4.69, 9.17) is 9.47 Å². The first-order valence-electron chi connectivity index (χ1n) is 8.77. The number of carbonyl (C=O) groups excluding carboxylic acids is 1. The third kappa shape index (κ3) is 3.06. The van der Waals surface area contributed by atoms with Crippen molar-refractivity contribution in [3.05, 3.63) is 54.4 Å². The van der Waals surface area contributed by atoms with Crippen LogP contribution in [-0.2, 0) is 0 Å². The molecule has 1 saturated heterocycles. The molecule has 1 aromatic heterocycles. The Morgan fingerprint density at radius 2 is 1.96 bits per heavy atom. The number of piperidine rings is 1. The van der Waals surface area contributed by atoms with Gasteiger partial charge in [-0.3, -0.25) is 9.78 Å². The molecule has 2 aromatic rings. The molecule has 0 N–H and O–H groups in total. The number of fused-ring (bicyclic) bond motifs is 2. The fourth-order valence-corrected chi connectivity index (χ4v) is 4.10. The van der Waals surface area contributed by atoms with Gasteiger partial charge in [-0.25, -0.2) is 0 Å². The van der Waals surface area contributed by atoms with Gasteiger partial charge >= 0.3 is 0 Å². The number of hydrogen-bond acceptors (Lipinski definition) is 4. The van der Waals surface area contributed by atoms with E-state index in [0.29, 0.717) is 24.3 Å². The number of carbonyl (C=O) groups is 1. The third-order valence-corrected chi connectivity index (χ3v) is 5.34. The third-order valence-electron chi connectivity index (χ3n) is 5.34. The summed E-state index contributed by atoms with van der Waals surface area (Å²) in [6.45, 7) is 0.520. The van der Waals surface area contributed by atoms with E-state index in [0.717, 1.165) is 24.3 Å². The maximum absolute atomic E-state index is 12.9. The van der Waals surface area contributed by atoms with Crippen LogP contribution in [0.3, 0.4) is 0 Å². The van der Waals surface area contributed by atoms with Crippen LogP contribution in [0.2, 0.25) is 0 Å². The molecule has 1 aliphatic heterocycles. The van der Waals surface area contributed by atoms with E-state index in [2.05, 4.69) is 4.98 Å². The fraction of sp³-hybridized carbons (Fsp3) is 0.400. The molecule has 2 bridgehead atoms. The number of pyridine rings is 1. The second-order valence-corrected chi connectivity index (χ2v) is 6.71. The van der Waals surface area contributed by atoms with Gasteiger partial charge in [-0.2, -0.15) is 0 Å². The molecule has 2 heterocycles. The van der Waals surface area contributed by atoms with Crippen molar-refractivity contribution in [2.24, 2.45) is 5.92 Å². The Labute approximate surface area is 147 Å². The van der Waals surface area contributed by atoms with E-state index in [1.165, 1.54) is 6.42 Å². The van der Waals surface area contributed by atoms with Crippen molar-refractivity contribution < 1.29 is 14.3 Å². The van der Waals surface area contributed by atoms with Gasteiger partial charge in [0.2, 0.25) is 0 Å². The molecular weight excluding hydrogens is 316 g/mol. The van der Waals surface area contributed by atoms with E-state index in [9.17, 15) is 4.79 Å². The van der Waals surface area contributed by atoms with Crippen molar-refractivity contribution in [1.29, 1.82) is 0 Å². The molecule has 25 heavy (non-hydrogen) atoms. The van der Waals surface area contributed by atoms with Gasteiger partial charge in [0.1, 0.15) is 23.8 Å². The summed E-state index contributed by atoms with van der Waals surface area (Å²) in [6, 6.07) is 13.5. The SMILES string of the molecule is COc1ccc(OC[C@@H]2C3CCC(C3)N2C(=O)c2ccccn2)cc1. The van der Waals surface area contributed by atoms with Crippen LogP contribution in [0.1, 0.15) is 29.8 Å². The second-order valence-electron chi connectivity index (χ2n) is 6.71. The van der Waals surface area contributed by atoms with Crippen molar-refractivity contribution in [3.8, 4) is 11.5 Å². The van der Waals surface area contributed by atoms with Gasteiger partial charge in [-0.1, -0.05) is 6.07 Å². The highest BCUT2D eigenvalue weighted by Gasteiger charge is 2.48. The molecule has 1 aromatic carbocycles. The molecule has 1 saturated carbocycles. The van der Waals surface area contributed by atoms with Crippen molar-refractivity contribution in [3.63, 3.8) is 0 Å². The van der Waals surface area contributed by atoms with E-state index >= 15 is 0 Å². The number of aromatic nitrogens is 1. The lowest BCUT2D eigenvalue weighted by molar-refractivity contribution is 0.0500. The summed E-state index contributed by atoms with van der Waals surface area (Å²) in [7, 11) is 1.65. The standard InChI is InChI=1S/C20H22N2O3/c1-24-16-7-9-17(10-8-16)25-13-19-14-5-6-15(12-14)22(19)20(23)18-4-2-3-11-21-18/h2-4,7-11,14-15,19H,5-6,12-13H2,1H3/t14?,15?,19-/m1/s1. The quantitative estimate of drug-likeness (QED) is 0.840. The summed E-state index contributed by atoms with van der Waals surface area (Å²) in [5, 5.41) is 0. The van der Waals surface area contributed by atoms with Crippen LogP contribution in [-0.4, -0.2) is 41.6 Å². The van der Waals surface area contributed by atoms with Crippen LogP contribution in [0.15, 0.2) is 48.7 Å². The predicted octanol–water partition coefficient (Wildman–Crippen LogP) is 3.16. The summed E-state index contributed by atoms with van der Waals surface area (Å²) < 4.78 is 11.2. The van der Waals surface area contributed by atoms with Crippen molar-refractivity contribution >= 4 is 5.91 Å². The molecule has 0 radical (unpaired) electrons. The average molecular weight is 338 g/mol. The van der Waals surface area contributed by atoms with Gasteiger partial charge < -0.3 is 14.4 Å². The molecule has 0 spiro atoms. The number of methoxy groups -OCH3 is 1. The van der Waals surface area contributed by atoms with Gasteiger partial charge in [0, 0.05) is 12.2 Å². The summed E-state index contributed by atoms with van der Waals surface area (Å²) in [5.41, 5.74) is 0.518. The maximum Gasteiger partial charge on any atom is 0.273 e. The Hall–Kier alpha value is -2.56. The number of benzene rings is 1.